The van der Waals surface area contributed by atoms with Crippen molar-refractivity contribution in [3.8, 4) is 0 Å². The second kappa shape index (κ2) is 6.34. The zero-order valence-electron chi connectivity index (χ0n) is 11.2. The van der Waals surface area contributed by atoms with E-state index in [4.69, 9.17) is 12.2 Å². The van der Waals surface area contributed by atoms with Gasteiger partial charge in [-0.3, -0.25) is 0 Å². The highest BCUT2D eigenvalue weighted by atomic mass is 32.1. The van der Waals surface area contributed by atoms with Crippen LogP contribution >= 0.6 is 12.2 Å². The molecule has 19 heavy (non-hydrogen) atoms. The largest absolute Gasteiger partial charge is 0.332 e. The second-order valence-corrected chi connectivity index (χ2v) is 4.85. The van der Waals surface area contributed by atoms with Crippen molar-refractivity contribution in [2.45, 2.75) is 20.3 Å². The minimum Gasteiger partial charge on any atom is -0.332 e. The average molecular weight is 270 g/mol. The van der Waals surface area contributed by atoms with Crippen molar-refractivity contribution in [2.24, 2.45) is 0 Å². The molecule has 2 aromatic carbocycles. The van der Waals surface area contributed by atoms with E-state index < -0.39 is 0 Å². The van der Waals surface area contributed by atoms with Gasteiger partial charge in [-0.05, 0) is 54.9 Å². The van der Waals surface area contributed by atoms with E-state index in [-0.39, 0.29) is 0 Å². The summed E-state index contributed by atoms with van der Waals surface area (Å²) in [5.74, 6) is 0. The molecular formula is C16H18N2S. The van der Waals surface area contributed by atoms with Crippen LogP contribution in [0.2, 0.25) is 0 Å². The molecule has 3 heteroatoms. The third-order valence-corrected chi connectivity index (χ3v) is 3.22. The molecule has 0 aromatic heterocycles. The summed E-state index contributed by atoms with van der Waals surface area (Å²) in [5.41, 5.74) is 4.53. The van der Waals surface area contributed by atoms with Gasteiger partial charge < -0.3 is 10.6 Å². The first kappa shape index (κ1) is 13.6. The zero-order chi connectivity index (χ0) is 13.7. The van der Waals surface area contributed by atoms with Crippen molar-refractivity contribution in [3.05, 3.63) is 59.7 Å². The summed E-state index contributed by atoms with van der Waals surface area (Å²) in [5, 5.41) is 7.01. The van der Waals surface area contributed by atoms with Crippen molar-refractivity contribution >= 4 is 28.7 Å². The molecule has 0 fully saturated rings. The molecule has 2 aromatic rings. The van der Waals surface area contributed by atoms with Gasteiger partial charge in [-0.2, -0.15) is 0 Å². The molecule has 0 aliphatic rings. The van der Waals surface area contributed by atoms with Gasteiger partial charge in [0.25, 0.3) is 0 Å². The van der Waals surface area contributed by atoms with Crippen LogP contribution in [0.25, 0.3) is 0 Å². The predicted octanol–water partition coefficient (Wildman–Crippen LogP) is 4.37. The molecule has 0 atom stereocenters. The van der Waals surface area contributed by atoms with Crippen LogP contribution in [-0.2, 0) is 6.42 Å². The molecule has 0 bridgehead atoms. The van der Waals surface area contributed by atoms with E-state index in [0.29, 0.717) is 5.11 Å². The maximum atomic E-state index is 5.32. The molecule has 2 nitrogen and oxygen atoms in total. The highest BCUT2D eigenvalue weighted by molar-refractivity contribution is 7.80. The highest BCUT2D eigenvalue weighted by Gasteiger charge is 2.01. The molecule has 2 rings (SSSR count). The molecule has 0 radical (unpaired) electrons. The molecule has 2 N–H and O–H groups in total. The molecule has 0 heterocycles. The van der Waals surface area contributed by atoms with Gasteiger partial charge in [-0.25, -0.2) is 0 Å². The molecular weight excluding hydrogens is 252 g/mol. The summed E-state index contributed by atoms with van der Waals surface area (Å²) in [6.07, 6.45) is 1.05. The smallest absolute Gasteiger partial charge is 0.175 e. The number of para-hydroxylation sites is 1. The molecule has 0 aliphatic carbocycles. The Balaban J connectivity index is 1.99. The normalized spacial score (nSPS) is 10.0. The number of aryl methyl sites for hydroxylation is 2. The topological polar surface area (TPSA) is 24.1 Å². The fourth-order valence-corrected chi connectivity index (χ4v) is 2.05. The van der Waals surface area contributed by atoms with Crippen LogP contribution in [-0.4, -0.2) is 5.11 Å². The number of benzene rings is 2. The van der Waals surface area contributed by atoms with E-state index in [0.717, 1.165) is 17.8 Å². The van der Waals surface area contributed by atoms with Gasteiger partial charge >= 0.3 is 0 Å². The number of nitrogens with one attached hydrogen (secondary N) is 2. The van der Waals surface area contributed by atoms with Gasteiger partial charge in [-0.15, -0.1) is 0 Å². The third kappa shape index (κ3) is 3.80. The number of hydrogen-bond donors (Lipinski definition) is 2. The van der Waals surface area contributed by atoms with Gasteiger partial charge in [0.1, 0.15) is 0 Å². The predicted molar refractivity (Wildman–Crippen MR) is 86.8 cm³/mol. The Hall–Kier alpha value is -1.87. The molecule has 0 amide bonds. The molecule has 0 aliphatic heterocycles. The Labute approximate surface area is 119 Å². The first-order chi connectivity index (χ1) is 9.19. The van der Waals surface area contributed by atoms with Crippen molar-refractivity contribution in [1.29, 1.82) is 0 Å². The summed E-state index contributed by atoms with van der Waals surface area (Å²) in [6, 6.07) is 16.4. The lowest BCUT2D eigenvalue weighted by atomic mass is 10.1. The Kier molecular flexibility index (Phi) is 4.53. The summed E-state index contributed by atoms with van der Waals surface area (Å²) in [4.78, 5) is 0. The van der Waals surface area contributed by atoms with E-state index in [2.05, 4.69) is 42.7 Å². The molecule has 98 valence electrons. The number of anilines is 2. The second-order valence-electron chi connectivity index (χ2n) is 4.44. The first-order valence-corrected chi connectivity index (χ1v) is 6.82. The Morgan fingerprint density at radius 2 is 1.68 bits per heavy atom. The van der Waals surface area contributed by atoms with Crippen molar-refractivity contribution in [1.82, 2.24) is 0 Å². The summed E-state index contributed by atoms with van der Waals surface area (Å²) < 4.78 is 0. The molecule has 0 spiro atoms. The summed E-state index contributed by atoms with van der Waals surface area (Å²) in [7, 11) is 0. The highest BCUT2D eigenvalue weighted by Crippen LogP contribution is 2.15. The lowest BCUT2D eigenvalue weighted by molar-refractivity contribution is 1.14. The van der Waals surface area contributed by atoms with Gasteiger partial charge in [0.15, 0.2) is 5.11 Å². The Bertz CT molecular complexity index is 561. The maximum Gasteiger partial charge on any atom is 0.175 e. The quantitative estimate of drug-likeness (QED) is 0.810. The summed E-state index contributed by atoms with van der Waals surface area (Å²) >= 11 is 5.32. The number of thiocarbonyl (C=S) groups is 1. The fourth-order valence-electron chi connectivity index (χ4n) is 1.82. The zero-order valence-corrected chi connectivity index (χ0v) is 12.1. The van der Waals surface area contributed by atoms with Gasteiger partial charge in [0.05, 0.1) is 0 Å². The van der Waals surface area contributed by atoms with Crippen LogP contribution in [0.3, 0.4) is 0 Å². The number of rotatable bonds is 3. The van der Waals surface area contributed by atoms with Crippen LogP contribution in [0.1, 0.15) is 18.1 Å². The monoisotopic (exact) mass is 270 g/mol. The molecule has 0 saturated heterocycles. The standard InChI is InChI=1S/C16H18N2S/c1-3-13-8-10-14(11-9-13)17-16(19)18-15-7-5-4-6-12(15)2/h4-11H,3H2,1-2H3,(H2,17,18,19). The van der Waals surface area contributed by atoms with E-state index in [1.165, 1.54) is 11.1 Å². The van der Waals surface area contributed by atoms with Gasteiger partial charge in [0, 0.05) is 11.4 Å². The fraction of sp³-hybridized carbons (Fsp3) is 0.188. The summed E-state index contributed by atoms with van der Waals surface area (Å²) in [6.45, 7) is 4.20. The maximum absolute atomic E-state index is 5.32. The average Bonchev–Trinajstić information content (AvgIpc) is 2.42. The van der Waals surface area contributed by atoms with Gasteiger partial charge in [-0.1, -0.05) is 37.3 Å². The minimum atomic E-state index is 0.610. The molecule has 0 saturated carbocycles. The van der Waals surface area contributed by atoms with E-state index in [1.54, 1.807) is 0 Å². The Morgan fingerprint density at radius 1 is 1.00 bits per heavy atom. The SMILES string of the molecule is CCc1ccc(NC(=S)Nc2ccccc2C)cc1. The van der Waals surface area contributed by atoms with E-state index in [9.17, 15) is 0 Å². The first-order valence-electron chi connectivity index (χ1n) is 6.41. The van der Waals surface area contributed by atoms with E-state index in [1.807, 2.05) is 30.3 Å². The third-order valence-electron chi connectivity index (χ3n) is 3.01. The van der Waals surface area contributed by atoms with Crippen LogP contribution in [0.15, 0.2) is 48.5 Å². The van der Waals surface area contributed by atoms with Crippen molar-refractivity contribution in [2.75, 3.05) is 10.6 Å². The number of hydrogen-bond acceptors (Lipinski definition) is 1. The van der Waals surface area contributed by atoms with E-state index >= 15 is 0 Å². The van der Waals surface area contributed by atoms with Crippen molar-refractivity contribution in [3.63, 3.8) is 0 Å². The minimum absolute atomic E-state index is 0.610. The molecule has 0 unspecified atom stereocenters. The Morgan fingerprint density at radius 3 is 2.32 bits per heavy atom. The van der Waals surface area contributed by atoms with Crippen molar-refractivity contribution < 1.29 is 0 Å². The van der Waals surface area contributed by atoms with Crippen LogP contribution in [0.5, 0.6) is 0 Å². The van der Waals surface area contributed by atoms with Gasteiger partial charge in [0.2, 0.25) is 0 Å². The van der Waals surface area contributed by atoms with Crippen LogP contribution in [0.4, 0.5) is 11.4 Å². The van der Waals surface area contributed by atoms with Crippen LogP contribution < -0.4 is 10.6 Å². The lowest BCUT2D eigenvalue weighted by Gasteiger charge is -2.12. The lowest BCUT2D eigenvalue weighted by Crippen LogP contribution is -2.19. The van der Waals surface area contributed by atoms with Crippen LogP contribution in [0, 0.1) is 6.92 Å².